The molecule has 152 valence electrons. The molecule has 1 saturated carbocycles. The lowest BCUT2D eigenvalue weighted by atomic mass is 9.71. The fraction of sp³-hybridized carbons (Fsp3) is 0.727. The fourth-order valence-corrected chi connectivity index (χ4v) is 4.80. The minimum atomic E-state index is -1.25. The second-order valence-electron chi connectivity index (χ2n) is 9.50. The van der Waals surface area contributed by atoms with Gasteiger partial charge in [0.15, 0.2) is 0 Å². The second-order valence-corrected chi connectivity index (χ2v) is 9.93. The molecule has 1 heterocycles. The van der Waals surface area contributed by atoms with Gasteiger partial charge in [0.05, 0.1) is 6.10 Å². The van der Waals surface area contributed by atoms with Crippen LogP contribution < -0.4 is 4.74 Å². The number of aliphatic hydroxyl groups is 2. The molecule has 1 aliphatic carbocycles. The first-order chi connectivity index (χ1) is 12.7. The fourth-order valence-electron chi connectivity index (χ4n) is 4.62. The first kappa shape index (κ1) is 20.9. The molecule has 2 fully saturated rings. The minimum absolute atomic E-state index is 0.0718. The Morgan fingerprint density at radius 2 is 1.89 bits per heavy atom. The van der Waals surface area contributed by atoms with E-state index >= 15 is 0 Å². The number of aliphatic hydroxyl groups excluding tert-OH is 1. The van der Waals surface area contributed by atoms with Crippen LogP contribution in [0.5, 0.6) is 5.75 Å². The van der Waals surface area contributed by atoms with E-state index in [9.17, 15) is 10.2 Å². The Hall–Kier alpha value is -0.810. The summed E-state index contributed by atoms with van der Waals surface area (Å²) in [5.41, 5.74) is -0.879. The maximum atomic E-state index is 11.1. The van der Waals surface area contributed by atoms with Gasteiger partial charge in [0.25, 0.3) is 0 Å². The van der Waals surface area contributed by atoms with E-state index in [0.717, 1.165) is 12.5 Å². The van der Waals surface area contributed by atoms with Crippen LogP contribution in [-0.4, -0.2) is 52.6 Å². The number of likely N-dealkylation sites (tertiary alicyclic amines) is 1. The quantitative estimate of drug-likeness (QED) is 0.805. The van der Waals surface area contributed by atoms with Crippen LogP contribution >= 0.6 is 11.6 Å². The van der Waals surface area contributed by atoms with Crippen LogP contribution in [0.15, 0.2) is 24.3 Å². The normalized spacial score (nSPS) is 33.0. The minimum Gasteiger partial charge on any atom is -0.490 e. The maximum absolute atomic E-state index is 11.1. The van der Waals surface area contributed by atoms with Crippen LogP contribution in [0.25, 0.3) is 0 Å². The average molecular weight is 396 g/mol. The molecule has 0 unspecified atom stereocenters. The highest BCUT2D eigenvalue weighted by Crippen LogP contribution is 2.40. The molecule has 0 bridgehead atoms. The summed E-state index contributed by atoms with van der Waals surface area (Å²) in [6, 6.07) is 7.64. The first-order valence-corrected chi connectivity index (χ1v) is 10.6. The molecule has 1 aromatic rings. The zero-order chi connectivity index (χ0) is 19.7. The van der Waals surface area contributed by atoms with Crippen molar-refractivity contribution in [3.8, 4) is 5.75 Å². The molecule has 0 spiro atoms. The predicted molar refractivity (Wildman–Crippen MR) is 109 cm³/mol. The van der Waals surface area contributed by atoms with E-state index in [4.69, 9.17) is 16.3 Å². The molecule has 5 heteroatoms. The Kier molecular flexibility index (Phi) is 6.41. The van der Waals surface area contributed by atoms with Gasteiger partial charge < -0.3 is 14.9 Å². The Bertz CT molecular complexity index is 624. The van der Waals surface area contributed by atoms with Crippen molar-refractivity contribution in [1.82, 2.24) is 4.90 Å². The average Bonchev–Trinajstić information content (AvgIpc) is 2.62. The Morgan fingerprint density at radius 1 is 1.19 bits per heavy atom. The zero-order valence-corrected chi connectivity index (χ0v) is 17.6. The van der Waals surface area contributed by atoms with Crippen LogP contribution in [0.4, 0.5) is 0 Å². The SMILES string of the molecule is CC(C)(C)C1CCC(N2CC[C@H](O)[C@@](O)(COc3cccc(Cl)c3)C2)CC1. The number of ether oxygens (including phenoxy) is 1. The van der Waals surface area contributed by atoms with Crippen LogP contribution in [0.3, 0.4) is 0 Å². The number of hydrogen-bond donors (Lipinski definition) is 2. The summed E-state index contributed by atoms with van der Waals surface area (Å²) in [4.78, 5) is 2.37. The van der Waals surface area contributed by atoms with Crippen molar-refractivity contribution in [2.75, 3.05) is 19.7 Å². The molecule has 3 rings (SSSR count). The molecule has 4 nitrogen and oxygen atoms in total. The summed E-state index contributed by atoms with van der Waals surface area (Å²) in [6.07, 6.45) is 4.63. The summed E-state index contributed by atoms with van der Waals surface area (Å²) in [7, 11) is 0. The molecule has 0 amide bonds. The molecular formula is C22H34ClNO3. The van der Waals surface area contributed by atoms with E-state index in [1.54, 1.807) is 12.1 Å². The van der Waals surface area contributed by atoms with Crippen LogP contribution in [0.1, 0.15) is 52.9 Å². The van der Waals surface area contributed by atoms with Gasteiger partial charge in [-0.2, -0.15) is 0 Å². The van der Waals surface area contributed by atoms with E-state index in [1.807, 2.05) is 12.1 Å². The van der Waals surface area contributed by atoms with Gasteiger partial charge in [0, 0.05) is 24.2 Å². The molecule has 0 radical (unpaired) electrons. The highest BCUT2D eigenvalue weighted by atomic mass is 35.5. The lowest BCUT2D eigenvalue weighted by Crippen LogP contribution is -2.62. The topological polar surface area (TPSA) is 52.9 Å². The summed E-state index contributed by atoms with van der Waals surface area (Å²) >= 11 is 6.00. The Morgan fingerprint density at radius 3 is 2.52 bits per heavy atom. The third-order valence-electron chi connectivity index (χ3n) is 6.51. The molecule has 2 aliphatic rings. The zero-order valence-electron chi connectivity index (χ0n) is 16.8. The van der Waals surface area contributed by atoms with Gasteiger partial charge in [-0.05, 0) is 61.6 Å². The highest BCUT2D eigenvalue weighted by molar-refractivity contribution is 6.30. The van der Waals surface area contributed by atoms with E-state index in [0.29, 0.717) is 35.2 Å². The molecule has 2 atom stereocenters. The van der Waals surface area contributed by atoms with E-state index in [2.05, 4.69) is 25.7 Å². The number of nitrogens with zero attached hydrogens (tertiary/aromatic N) is 1. The monoisotopic (exact) mass is 395 g/mol. The van der Waals surface area contributed by atoms with Gasteiger partial charge in [-0.15, -0.1) is 0 Å². The first-order valence-electron chi connectivity index (χ1n) is 10.2. The van der Waals surface area contributed by atoms with Crippen molar-refractivity contribution >= 4 is 11.6 Å². The number of piperidine rings is 1. The van der Waals surface area contributed by atoms with Crippen LogP contribution in [0, 0.1) is 11.3 Å². The molecular weight excluding hydrogens is 362 g/mol. The summed E-state index contributed by atoms with van der Waals surface area (Å²) in [5, 5.41) is 22.1. The standard InChI is InChI=1S/C22H34ClNO3/c1-21(2,3)16-7-9-18(10-8-16)24-12-11-20(25)22(26,14-24)15-27-19-6-4-5-17(23)13-19/h4-6,13,16,18,20,25-26H,7-12,14-15H2,1-3H3/t16?,18?,20-,22-/m0/s1. The smallest absolute Gasteiger partial charge is 0.137 e. The van der Waals surface area contributed by atoms with Crippen LogP contribution in [0.2, 0.25) is 5.02 Å². The number of rotatable bonds is 4. The molecule has 1 aliphatic heterocycles. The third kappa shape index (κ3) is 5.17. The Labute approximate surface area is 168 Å². The predicted octanol–water partition coefficient (Wildman–Crippen LogP) is 4.12. The van der Waals surface area contributed by atoms with Gasteiger partial charge in [-0.25, -0.2) is 0 Å². The third-order valence-corrected chi connectivity index (χ3v) is 6.74. The lowest BCUT2D eigenvalue weighted by Gasteiger charge is -2.47. The highest BCUT2D eigenvalue weighted by Gasteiger charge is 2.44. The molecule has 27 heavy (non-hydrogen) atoms. The van der Waals surface area contributed by atoms with Gasteiger partial charge in [0.1, 0.15) is 18.0 Å². The van der Waals surface area contributed by atoms with Gasteiger partial charge in [-0.1, -0.05) is 38.4 Å². The maximum Gasteiger partial charge on any atom is 0.137 e. The van der Waals surface area contributed by atoms with Gasteiger partial charge >= 0.3 is 0 Å². The van der Waals surface area contributed by atoms with E-state index < -0.39 is 11.7 Å². The summed E-state index contributed by atoms with van der Waals surface area (Å²) < 4.78 is 5.78. The Balaban J connectivity index is 1.58. The van der Waals surface area contributed by atoms with Crippen molar-refractivity contribution in [1.29, 1.82) is 0 Å². The second kappa shape index (κ2) is 8.28. The molecule has 0 aromatic heterocycles. The van der Waals surface area contributed by atoms with Gasteiger partial charge in [-0.3, -0.25) is 4.90 Å². The number of hydrogen-bond acceptors (Lipinski definition) is 4. The van der Waals surface area contributed by atoms with Crippen molar-refractivity contribution in [2.45, 2.75) is 70.6 Å². The van der Waals surface area contributed by atoms with Crippen molar-refractivity contribution in [3.05, 3.63) is 29.3 Å². The number of halogens is 1. The largest absolute Gasteiger partial charge is 0.490 e. The van der Waals surface area contributed by atoms with Crippen LogP contribution in [-0.2, 0) is 0 Å². The lowest BCUT2D eigenvalue weighted by molar-refractivity contribution is -0.147. The molecule has 1 saturated heterocycles. The number of benzene rings is 1. The van der Waals surface area contributed by atoms with Crippen molar-refractivity contribution < 1.29 is 14.9 Å². The molecule has 1 aromatic carbocycles. The van der Waals surface area contributed by atoms with Crippen molar-refractivity contribution in [2.24, 2.45) is 11.3 Å². The van der Waals surface area contributed by atoms with E-state index in [-0.39, 0.29) is 6.61 Å². The van der Waals surface area contributed by atoms with E-state index in [1.165, 1.54) is 25.7 Å². The number of β-amino-alcohol motifs (C(OH)–C–C–N with tert-alkyl or cyclic N) is 1. The molecule has 2 N–H and O–H groups in total. The summed E-state index contributed by atoms with van der Waals surface area (Å²) in [5.74, 6) is 1.39. The van der Waals surface area contributed by atoms with Gasteiger partial charge in [0.2, 0.25) is 0 Å². The summed E-state index contributed by atoms with van der Waals surface area (Å²) in [6.45, 7) is 8.37. The van der Waals surface area contributed by atoms with Crippen molar-refractivity contribution in [3.63, 3.8) is 0 Å².